The lowest BCUT2D eigenvalue weighted by Crippen LogP contribution is -2.00. The van der Waals surface area contributed by atoms with Crippen LogP contribution in [0.4, 0.5) is 0 Å². The molecule has 0 saturated carbocycles. The first-order valence-electron chi connectivity index (χ1n) is 5.12. The molecule has 2 aromatic rings. The van der Waals surface area contributed by atoms with Crippen LogP contribution in [0.3, 0.4) is 0 Å². The predicted octanol–water partition coefficient (Wildman–Crippen LogP) is 2.17. The summed E-state index contributed by atoms with van der Waals surface area (Å²) in [7, 11) is 1.76. The molecule has 0 radical (unpaired) electrons. The van der Waals surface area contributed by atoms with Gasteiger partial charge in [0.25, 0.3) is 0 Å². The van der Waals surface area contributed by atoms with E-state index in [0.29, 0.717) is 16.9 Å². The topological polar surface area (TPSA) is 65.7 Å². The normalized spacial score (nSPS) is 10.9. The minimum atomic E-state index is 0.174. The third-order valence-corrected chi connectivity index (χ3v) is 2.17. The molecule has 2 aromatic heterocycles. The molecule has 0 aliphatic rings. The Balaban J connectivity index is 2.26. The van der Waals surface area contributed by atoms with Gasteiger partial charge in [-0.15, -0.1) is 5.10 Å². The molecule has 0 fully saturated rings. The van der Waals surface area contributed by atoms with E-state index in [4.69, 9.17) is 16.3 Å². The van der Waals surface area contributed by atoms with Crippen LogP contribution in [0.5, 0.6) is 11.9 Å². The summed E-state index contributed by atoms with van der Waals surface area (Å²) in [5.74, 6) is 1.15. The summed E-state index contributed by atoms with van der Waals surface area (Å²) < 4.78 is 6.94. The molecular weight excluding hydrogens is 242 g/mol. The zero-order chi connectivity index (χ0) is 12.4. The van der Waals surface area contributed by atoms with Crippen LogP contribution in [0.1, 0.15) is 25.6 Å². The smallest absolute Gasteiger partial charge is 0.342 e. The lowest BCUT2D eigenvalue weighted by molar-refractivity contribution is 0.418. The zero-order valence-corrected chi connectivity index (χ0v) is 10.5. The van der Waals surface area contributed by atoms with Gasteiger partial charge in [0, 0.05) is 19.0 Å². The molecular formula is C10H12ClN5O. The van der Waals surface area contributed by atoms with Crippen molar-refractivity contribution in [3.8, 4) is 11.9 Å². The van der Waals surface area contributed by atoms with Crippen LogP contribution in [0.2, 0.25) is 5.15 Å². The standard InChI is InChI=1S/C10H12ClN5O/c1-6(2)9-13-7(11)4-8(14-9)17-10-12-5-16(3)15-10/h4-6H,1-3H3. The van der Waals surface area contributed by atoms with Crippen molar-refractivity contribution in [1.29, 1.82) is 0 Å². The summed E-state index contributed by atoms with van der Waals surface area (Å²) in [6, 6.07) is 1.76. The SMILES string of the molecule is CC(C)c1nc(Cl)cc(Oc2ncn(C)n2)n1. The number of hydrogen-bond donors (Lipinski definition) is 0. The highest BCUT2D eigenvalue weighted by atomic mass is 35.5. The minimum absolute atomic E-state index is 0.174. The fourth-order valence-corrected chi connectivity index (χ4v) is 1.36. The quantitative estimate of drug-likeness (QED) is 0.785. The molecule has 0 bridgehead atoms. The molecule has 0 saturated heterocycles. The first kappa shape index (κ1) is 11.8. The Labute approximate surface area is 104 Å². The van der Waals surface area contributed by atoms with Crippen molar-refractivity contribution in [3.05, 3.63) is 23.4 Å². The summed E-state index contributed by atoms with van der Waals surface area (Å²) in [5, 5.41) is 4.33. The second kappa shape index (κ2) is 4.67. The number of ether oxygens (including phenoxy) is 1. The summed E-state index contributed by atoms with van der Waals surface area (Å²) >= 11 is 5.89. The van der Waals surface area contributed by atoms with E-state index >= 15 is 0 Å². The van der Waals surface area contributed by atoms with E-state index in [1.807, 2.05) is 13.8 Å². The van der Waals surface area contributed by atoms with Gasteiger partial charge in [-0.3, -0.25) is 4.68 Å². The van der Waals surface area contributed by atoms with Gasteiger partial charge < -0.3 is 4.74 Å². The molecule has 0 amide bonds. The molecule has 2 heterocycles. The summed E-state index contributed by atoms with van der Waals surface area (Å²) in [6.07, 6.45) is 1.54. The van der Waals surface area contributed by atoms with Gasteiger partial charge in [-0.2, -0.15) is 9.97 Å². The van der Waals surface area contributed by atoms with Crippen LogP contribution in [0, 0.1) is 0 Å². The van der Waals surface area contributed by atoms with Gasteiger partial charge in [0.1, 0.15) is 17.3 Å². The van der Waals surface area contributed by atoms with Gasteiger partial charge in [-0.25, -0.2) is 4.98 Å². The largest absolute Gasteiger partial charge is 0.404 e. The fraction of sp³-hybridized carbons (Fsp3) is 0.400. The molecule has 0 aliphatic carbocycles. The highest BCUT2D eigenvalue weighted by molar-refractivity contribution is 6.29. The zero-order valence-electron chi connectivity index (χ0n) is 9.75. The van der Waals surface area contributed by atoms with Crippen molar-refractivity contribution >= 4 is 11.6 Å². The minimum Gasteiger partial charge on any atom is -0.404 e. The van der Waals surface area contributed by atoms with E-state index < -0.39 is 0 Å². The second-order valence-electron chi connectivity index (χ2n) is 3.84. The Bertz CT molecular complexity index is 525. The van der Waals surface area contributed by atoms with E-state index in [1.165, 1.54) is 6.07 Å². The van der Waals surface area contributed by atoms with Crippen molar-refractivity contribution in [1.82, 2.24) is 24.7 Å². The molecule has 0 aliphatic heterocycles. The van der Waals surface area contributed by atoms with E-state index in [0.717, 1.165) is 0 Å². The molecule has 0 atom stereocenters. The van der Waals surface area contributed by atoms with E-state index in [1.54, 1.807) is 18.1 Å². The molecule has 17 heavy (non-hydrogen) atoms. The van der Waals surface area contributed by atoms with Crippen molar-refractivity contribution in [2.45, 2.75) is 19.8 Å². The number of nitrogens with zero attached hydrogens (tertiary/aromatic N) is 5. The van der Waals surface area contributed by atoms with Crippen LogP contribution >= 0.6 is 11.6 Å². The second-order valence-corrected chi connectivity index (χ2v) is 4.23. The molecule has 7 heteroatoms. The van der Waals surface area contributed by atoms with Crippen LogP contribution in [0.25, 0.3) is 0 Å². The lowest BCUT2D eigenvalue weighted by atomic mass is 10.2. The van der Waals surface area contributed by atoms with Crippen molar-refractivity contribution in [3.63, 3.8) is 0 Å². The monoisotopic (exact) mass is 253 g/mol. The first-order valence-corrected chi connectivity index (χ1v) is 5.50. The molecule has 0 spiro atoms. The highest BCUT2D eigenvalue weighted by Gasteiger charge is 2.10. The average molecular weight is 254 g/mol. The maximum Gasteiger partial charge on any atom is 0.342 e. The number of halogens is 1. The van der Waals surface area contributed by atoms with Gasteiger partial charge in [-0.05, 0) is 0 Å². The lowest BCUT2D eigenvalue weighted by Gasteiger charge is -2.06. The van der Waals surface area contributed by atoms with Crippen LogP contribution in [-0.2, 0) is 7.05 Å². The Kier molecular flexibility index (Phi) is 3.23. The van der Waals surface area contributed by atoms with E-state index in [-0.39, 0.29) is 11.9 Å². The van der Waals surface area contributed by atoms with Gasteiger partial charge >= 0.3 is 6.01 Å². The van der Waals surface area contributed by atoms with E-state index in [2.05, 4.69) is 20.1 Å². The number of rotatable bonds is 3. The van der Waals surface area contributed by atoms with Gasteiger partial charge in [0.2, 0.25) is 5.88 Å². The average Bonchev–Trinajstić information content (AvgIpc) is 2.63. The Hall–Kier alpha value is -1.69. The maximum atomic E-state index is 5.89. The molecule has 2 rings (SSSR count). The molecule has 90 valence electrons. The van der Waals surface area contributed by atoms with Crippen molar-refractivity contribution in [2.24, 2.45) is 7.05 Å². The van der Waals surface area contributed by atoms with Crippen molar-refractivity contribution < 1.29 is 4.74 Å². The number of aromatic nitrogens is 5. The van der Waals surface area contributed by atoms with Crippen LogP contribution < -0.4 is 4.74 Å². The molecule has 0 unspecified atom stereocenters. The van der Waals surface area contributed by atoms with Gasteiger partial charge in [0.05, 0.1) is 0 Å². The number of aryl methyl sites for hydroxylation is 1. The highest BCUT2D eigenvalue weighted by Crippen LogP contribution is 2.21. The third kappa shape index (κ3) is 2.91. The fourth-order valence-electron chi connectivity index (χ4n) is 1.18. The van der Waals surface area contributed by atoms with Crippen LogP contribution in [-0.4, -0.2) is 24.7 Å². The summed E-state index contributed by atoms with van der Waals surface area (Å²) in [6.45, 7) is 3.96. The van der Waals surface area contributed by atoms with Crippen LogP contribution in [0.15, 0.2) is 12.4 Å². The predicted molar refractivity (Wildman–Crippen MR) is 62.2 cm³/mol. The summed E-state index contributed by atoms with van der Waals surface area (Å²) in [4.78, 5) is 12.3. The molecule has 0 aromatic carbocycles. The number of hydrogen-bond acceptors (Lipinski definition) is 5. The molecule has 6 nitrogen and oxygen atoms in total. The van der Waals surface area contributed by atoms with E-state index in [9.17, 15) is 0 Å². The molecule has 0 N–H and O–H groups in total. The maximum absolute atomic E-state index is 5.89. The third-order valence-electron chi connectivity index (χ3n) is 1.98. The Morgan fingerprint density at radius 1 is 1.35 bits per heavy atom. The summed E-state index contributed by atoms with van der Waals surface area (Å²) in [5.41, 5.74) is 0. The first-order chi connectivity index (χ1) is 8.04. The Morgan fingerprint density at radius 3 is 2.71 bits per heavy atom. The van der Waals surface area contributed by atoms with Gasteiger partial charge in [0.15, 0.2) is 0 Å². The Morgan fingerprint density at radius 2 is 2.12 bits per heavy atom. The van der Waals surface area contributed by atoms with Gasteiger partial charge in [-0.1, -0.05) is 25.4 Å². The van der Waals surface area contributed by atoms with Crippen molar-refractivity contribution in [2.75, 3.05) is 0 Å².